The van der Waals surface area contributed by atoms with Crippen molar-refractivity contribution in [3.63, 3.8) is 0 Å². The van der Waals surface area contributed by atoms with E-state index < -0.39 is 0 Å². The zero-order valence-corrected chi connectivity index (χ0v) is 12.2. The predicted octanol–water partition coefficient (Wildman–Crippen LogP) is 3.91. The van der Waals surface area contributed by atoms with Gasteiger partial charge in [0.15, 0.2) is 5.78 Å². The number of fused-ring (bicyclic) bond motifs is 1. The molecule has 0 amide bonds. The summed E-state index contributed by atoms with van der Waals surface area (Å²) in [6.45, 7) is 8.60. The minimum atomic E-state index is 0.0824. The van der Waals surface area contributed by atoms with Crippen LogP contribution in [0.4, 0.5) is 5.69 Å². The Hall–Kier alpha value is -1.57. The van der Waals surface area contributed by atoms with E-state index in [1.807, 2.05) is 0 Å². The second kappa shape index (κ2) is 3.96. The molecule has 100 valence electrons. The van der Waals surface area contributed by atoms with Gasteiger partial charge in [-0.05, 0) is 36.8 Å². The summed E-state index contributed by atoms with van der Waals surface area (Å²) in [5, 5.41) is 3.54. The van der Waals surface area contributed by atoms with Gasteiger partial charge >= 0.3 is 0 Å². The summed E-state index contributed by atoms with van der Waals surface area (Å²) in [6, 6.07) is 4.40. The van der Waals surface area contributed by atoms with Crippen molar-refractivity contribution >= 4 is 11.5 Å². The quantitative estimate of drug-likeness (QED) is 0.761. The maximum absolute atomic E-state index is 12.3. The highest BCUT2D eigenvalue weighted by molar-refractivity contribution is 5.99. The third-order valence-corrected chi connectivity index (χ3v) is 4.20. The fraction of sp³-hybridized carbons (Fsp3) is 0.471. The third kappa shape index (κ3) is 2.09. The standard InChI is InChI=1S/C17H21NO/c1-10-5-11(2)16-12(6-10)7-13-14(18-16)8-17(3,4)9-15(13)19/h5-6,18H,7-9H2,1-4H3. The van der Waals surface area contributed by atoms with E-state index in [-0.39, 0.29) is 5.41 Å². The molecule has 1 heterocycles. The smallest absolute Gasteiger partial charge is 0.161 e. The van der Waals surface area contributed by atoms with Crippen LogP contribution in [0.15, 0.2) is 23.4 Å². The number of allylic oxidation sites excluding steroid dienone is 2. The molecule has 0 atom stereocenters. The van der Waals surface area contributed by atoms with Gasteiger partial charge in [-0.1, -0.05) is 31.5 Å². The molecule has 0 fully saturated rings. The van der Waals surface area contributed by atoms with E-state index in [4.69, 9.17) is 0 Å². The van der Waals surface area contributed by atoms with Crippen LogP contribution in [-0.4, -0.2) is 5.78 Å². The first-order chi connectivity index (χ1) is 8.85. The summed E-state index contributed by atoms with van der Waals surface area (Å²) in [7, 11) is 0. The van der Waals surface area contributed by atoms with Crippen LogP contribution in [0, 0.1) is 19.3 Å². The molecule has 2 aliphatic rings. The van der Waals surface area contributed by atoms with Crippen molar-refractivity contribution in [2.24, 2.45) is 5.41 Å². The van der Waals surface area contributed by atoms with Crippen molar-refractivity contribution in [3.8, 4) is 0 Å². The molecule has 3 rings (SSSR count). The van der Waals surface area contributed by atoms with E-state index in [2.05, 4.69) is 45.1 Å². The second-order valence-corrected chi connectivity index (χ2v) is 6.82. The number of hydrogen-bond donors (Lipinski definition) is 1. The SMILES string of the molecule is Cc1cc(C)c2c(c1)CC1=C(CC(C)(C)CC1=O)N2. The highest BCUT2D eigenvalue weighted by Gasteiger charge is 2.35. The van der Waals surface area contributed by atoms with Crippen LogP contribution in [0.2, 0.25) is 0 Å². The van der Waals surface area contributed by atoms with Gasteiger partial charge in [-0.2, -0.15) is 0 Å². The van der Waals surface area contributed by atoms with Crippen LogP contribution in [0.3, 0.4) is 0 Å². The first-order valence-electron chi connectivity index (χ1n) is 6.98. The monoisotopic (exact) mass is 255 g/mol. The molecule has 0 bridgehead atoms. The Balaban J connectivity index is 2.06. The van der Waals surface area contributed by atoms with Gasteiger partial charge in [0.05, 0.1) is 0 Å². The molecule has 1 aliphatic carbocycles. The summed E-state index contributed by atoms with van der Waals surface area (Å²) in [6.07, 6.45) is 2.45. The van der Waals surface area contributed by atoms with Crippen molar-refractivity contribution in [1.29, 1.82) is 0 Å². The van der Waals surface area contributed by atoms with Crippen LogP contribution in [0.1, 0.15) is 43.4 Å². The summed E-state index contributed by atoms with van der Waals surface area (Å²) in [5.41, 5.74) is 7.28. The summed E-state index contributed by atoms with van der Waals surface area (Å²) in [5.74, 6) is 0.323. The molecule has 19 heavy (non-hydrogen) atoms. The second-order valence-electron chi connectivity index (χ2n) is 6.82. The average molecular weight is 255 g/mol. The van der Waals surface area contributed by atoms with Crippen molar-refractivity contribution in [2.75, 3.05) is 5.32 Å². The number of benzene rings is 1. The van der Waals surface area contributed by atoms with Crippen molar-refractivity contribution in [1.82, 2.24) is 0 Å². The Morgan fingerprint density at radius 3 is 2.63 bits per heavy atom. The van der Waals surface area contributed by atoms with Gasteiger partial charge in [0.25, 0.3) is 0 Å². The Kier molecular flexibility index (Phi) is 2.60. The van der Waals surface area contributed by atoms with Crippen LogP contribution in [-0.2, 0) is 11.2 Å². The zero-order valence-electron chi connectivity index (χ0n) is 12.2. The molecule has 2 heteroatoms. The zero-order chi connectivity index (χ0) is 13.8. The van der Waals surface area contributed by atoms with E-state index in [0.717, 1.165) is 24.1 Å². The Labute approximate surface area is 114 Å². The largest absolute Gasteiger partial charge is 0.358 e. The summed E-state index contributed by atoms with van der Waals surface area (Å²) in [4.78, 5) is 12.3. The molecule has 1 aromatic carbocycles. The fourth-order valence-electron chi connectivity index (χ4n) is 3.40. The number of rotatable bonds is 0. The lowest BCUT2D eigenvalue weighted by molar-refractivity contribution is -0.118. The number of hydrogen-bond acceptors (Lipinski definition) is 2. The highest BCUT2D eigenvalue weighted by Crippen LogP contribution is 2.42. The maximum Gasteiger partial charge on any atom is 0.161 e. The number of anilines is 1. The first-order valence-corrected chi connectivity index (χ1v) is 6.98. The number of carbonyl (C=O) groups excluding carboxylic acids is 1. The Morgan fingerprint density at radius 1 is 1.16 bits per heavy atom. The lowest BCUT2D eigenvalue weighted by Crippen LogP contribution is -2.31. The van der Waals surface area contributed by atoms with Crippen LogP contribution in [0.25, 0.3) is 0 Å². The Morgan fingerprint density at radius 2 is 1.89 bits per heavy atom. The van der Waals surface area contributed by atoms with Gasteiger partial charge in [0.1, 0.15) is 0 Å². The van der Waals surface area contributed by atoms with Gasteiger partial charge in [-0.15, -0.1) is 0 Å². The van der Waals surface area contributed by atoms with Gasteiger partial charge in [0.2, 0.25) is 0 Å². The van der Waals surface area contributed by atoms with Gasteiger partial charge in [-0.25, -0.2) is 0 Å². The summed E-state index contributed by atoms with van der Waals surface area (Å²) >= 11 is 0. The number of carbonyl (C=O) groups is 1. The van der Waals surface area contributed by atoms with E-state index in [1.54, 1.807) is 0 Å². The van der Waals surface area contributed by atoms with E-state index in [0.29, 0.717) is 12.2 Å². The molecule has 1 aliphatic heterocycles. The molecule has 0 aromatic heterocycles. The fourth-order valence-corrected chi connectivity index (χ4v) is 3.40. The van der Waals surface area contributed by atoms with Gasteiger partial charge in [-0.3, -0.25) is 4.79 Å². The molecule has 1 aromatic rings. The van der Waals surface area contributed by atoms with Crippen molar-refractivity contribution < 1.29 is 4.79 Å². The van der Waals surface area contributed by atoms with Crippen LogP contribution >= 0.6 is 0 Å². The number of nitrogens with one attached hydrogen (secondary N) is 1. The normalized spacial score (nSPS) is 20.7. The lowest BCUT2D eigenvalue weighted by Gasteiger charge is -2.36. The van der Waals surface area contributed by atoms with E-state index in [9.17, 15) is 4.79 Å². The molecule has 0 saturated carbocycles. The molecule has 0 radical (unpaired) electrons. The van der Waals surface area contributed by atoms with Gasteiger partial charge in [0, 0.05) is 29.8 Å². The topological polar surface area (TPSA) is 29.1 Å². The summed E-state index contributed by atoms with van der Waals surface area (Å²) < 4.78 is 0. The highest BCUT2D eigenvalue weighted by atomic mass is 16.1. The predicted molar refractivity (Wildman–Crippen MR) is 78.3 cm³/mol. The molecule has 0 unspecified atom stereocenters. The molecule has 2 nitrogen and oxygen atoms in total. The third-order valence-electron chi connectivity index (χ3n) is 4.20. The van der Waals surface area contributed by atoms with Crippen molar-refractivity contribution in [2.45, 2.75) is 47.0 Å². The van der Waals surface area contributed by atoms with Crippen LogP contribution < -0.4 is 5.32 Å². The number of Topliss-reactive ketones (excluding diaryl/α,β-unsaturated/α-hetero) is 1. The molecule has 1 N–H and O–H groups in total. The van der Waals surface area contributed by atoms with E-state index >= 15 is 0 Å². The lowest BCUT2D eigenvalue weighted by atomic mass is 9.73. The average Bonchev–Trinajstić information content (AvgIpc) is 2.26. The Bertz CT molecular complexity index is 608. The first kappa shape index (κ1) is 12.5. The van der Waals surface area contributed by atoms with Crippen molar-refractivity contribution in [3.05, 3.63) is 40.1 Å². The maximum atomic E-state index is 12.3. The van der Waals surface area contributed by atoms with E-state index in [1.165, 1.54) is 22.4 Å². The molecular formula is C17H21NO. The molecular weight excluding hydrogens is 234 g/mol. The minimum Gasteiger partial charge on any atom is -0.358 e. The van der Waals surface area contributed by atoms with Crippen LogP contribution in [0.5, 0.6) is 0 Å². The molecule has 0 spiro atoms. The molecule has 0 saturated heterocycles. The number of aryl methyl sites for hydroxylation is 2. The number of ketones is 1. The van der Waals surface area contributed by atoms with Gasteiger partial charge < -0.3 is 5.32 Å². The minimum absolute atomic E-state index is 0.0824.